The molecule has 2 N–H and O–H groups in total. The van der Waals surface area contributed by atoms with E-state index in [0.717, 1.165) is 16.0 Å². The zero-order valence-electron chi connectivity index (χ0n) is 11.2. The maximum absolute atomic E-state index is 12.1. The van der Waals surface area contributed by atoms with Crippen LogP contribution in [-0.2, 0) is 0 Å². The van der Waals surface area contributed by atoms with Gasteiger partial charge in [0.1, 0.15) is 4.83 Å². The summed E-state index contributed by atoms with van der Waals surface area (Å²) in [6, 6.07) is 7.53. The molecule has 3 rings (SSSR count). The van der Waals surface area contributed by atoms with Gasteiger partial charge in [-0.1, -0.05) is 12.1 Å². The average Bonchev–Trinajstić information content (AvgIpc) is 2.80. The van der Waals surface area contributed by atoms with Crippen molar-refractivity contribution in [3.8, 4) is 0 Å². The van der Waals surface area contributed by atoms with E-state index in [0.29, 0.717) is 17.0 Å². The summed E-state index contributed by atoms with van der Waals surface area (Å²) in [6.45, 7) is 3.84. The number of rotatable bonds is 2. The Balaban J connectivity index is 2.12. The lowest BCUT2D eigenvalue weighted by Crippen LogP contribution is -2.08. The van der Waals surface area contributed by atoms with Crippen molar-refractivity contribution in [2.75, 3.05) is 5.73 Å². The standard InChI is InChI=1S/C15H14N2O2S/c1-8-7-20-14-12(8)15(18)19-13(17-14)9(2)10-4-3-5-11(16)6-10/h3-7,9H,16H2,1-2H3. The number of nitrogens with two attached hydrogens (primary N) is 1. The highest BCUT2D eigenvalue weighted by Crippen LogP contribution is 2.27. The molecular weight excluding hydrogens is 272 g/mol. The van der Waals surface area contributed by atoms with Gasteiger partial charge in [-0.05, 0) is 42.5 Å². The Hall–Kier alpha value is -2.14. The maximum Gasteiger partial charge on any atom is 0.348 e. The Kier molecular flexibility index (Phi) is 3.06. The van der Waals surface area contributed by atoms with Crippen molar-refractivity contribution in [3.63, 3.8) is 0 Å². The number of nitrogens with zero attached hydrogens (tertiary/aromatic N) is 1. The van der Waals surface area contributed by atoms with E-state index in [1.165, 1.54) is 11.3 Å². The first-order valence-electron chi connectivity index (χ1n) is 6.30. The topological polar surface area (TPSA) is 69.1 Å². The molecule has 0 saturated carbocycles. The number of aryl methyl sites for hydroxylation is 1. The summed E-state index contributed by atoms with van der Waals surface area (Å²) in [5.74, 6) is 0.313. The van der Waals surface area contributed by atoms with Gasteiger partial charge in [-0.2, -0.15) is 0 Å². The minimum atomic E-state index is -0.320. The Bertz CT molecular complexity index is 835. The van der Waals surface area contributed by atoms with Crippen molar-refractivity contribution in [3.05, 3.63) is 57.1 Å². The number of benzene rings is 1. The summed E-state index contributed by atoms with van der Waals surface area (Å²) in [5, 5.41) is 2.50. The van der Waals surface area contributed by atoms with Gasteiger partial charge in [0.2, 0.25) is 5.89 Å². The highest BCUT2D eigenvalue weighted by molar-refractivity contribution is 7.16. The average molecular weight is 286 g/mol. The van der Waals surface area contributed by atoms with Gasteiger partial charge < -0.3 is 10.2 Å². The van der Waals surface area contributed by atoms with E-state index in [-0.39, 0.29) is 11.5 Å². The quantitative estimate of drug-likeness (QED) is 0.734. The molecule has 4 nitrogen and oxygen atoms in total. The molecule has 0 fully saturated rings. The number of aromatic nitrogens is 1. The molecule has 102 valence electrons. The highest BCUT2D eigenvalue weighted by atomic mass is 32.1. The van der Waals surface area contributed by atoms with Crippen LogP contribution in [0.15, 0.2) is 38.9 Å². The highest BCUT2D eigenvalue weighted by Gasteiger charge is 2.17. The van der Waals surface area contributed by atoms with Crippen LogP contribution in [0, 0.1) is 6.92 Å². The molecule has 5 heteroatoms. The molecule has 2 heterocycles. The molecule has 0 bridgehead atoms. The third-order valence-electron chi connectivity index (χ3n) is 3.35. The maximum atomic E-state index is 12.1. The van der Waals surface area contributed by atoms with Crippen molar-refractivity contribution >= 4 is 27.2 Å². The number of anilines is 1. The second-order valence-corrected chi connectivity index (χ2v) is 5.69. The van der Waals surface area contributed by atoms with Crippen LogP contribution in [0.3, 0.4) is 0 Å². The van der Waals surface area contributed by atoms with Gasteiger partial charge in [0, 0.05) is 5.69 Å². The Morgan fingerprint density at radius 1 is 1.40 bits per heavy atom. The third-order valence-corrected chi connectivity index (χ3v) is 4.34. The molecule has 0 aliphatic carbocycles. The number of fused-ring (bicyclic) bond motifs is 1. The van der Waals surface area contributed by atoms with Crippen LogP contribution in [-0.4, -0.2) is 4.98 Å². The normalized spacial score (nSPS) is 12.7. The fourth-order valence-corrected chi connectivity index (χ4v) is 3.10. The van der Waals surface area contributed by atoms with Crippen LogP contribution in [0.4, 0.5) is 5.69 Å². The van der Waals surface area contributed by atoms with Gasteiger partial charge >= 0.3 is 5.63 Å². The third kappa shape index (κ3) is 2.10. The molecule has 0 saturated heterocycles. The van der Waals surface area contributed by atoms with E-state index < -0.39 is 0 Å². The number of hydrogen-bond donors (Lipinski definition) is 1. The summed E-state index contributed by atoms with van der Waals surface area (Å²) in [7, 11) is 0. The summed E-state index contributed by atoms with van der Waals surface area (Å²) >= 11 is 1.46. The van der Waals surface area contributed by atoms with Crippen molar-refractivity contribution < 1.29 is 4.42 Å². The lowest BCUT2D eigenvalue weighted by Gasteiger charge is -2.10. The first-order chi connectivity index (χ1) is 9.56. The summed E-state index contributed by atoms with van der Waals surface area (Å²) in [6.07, 6.45) is 0. The molecule has 1 aromatic carbocycles. The number of thiophene rings is 1. The van der Waals surface area contributed by atoms with Crippen LogP contribution >= 0.6 is 11.3 Å². The van der Waals surface area contributed by atoms with E-state index in [2.05, 4.69) is 4.98 Å². The van der Waals surface area contributed by atoms with Crippen LogP contribution in [0.2, 0.25) is 0 Å². The van der Waals surface area contributed by atoms with Crippen LogP contribution < -0.4 is 11.4 Å². The Labute approximate surface area is 119 Å². The second-order valence-electron chi connectivity index (χ2n) is 4.83. The summed E-state index contributed by atoms with van der Waals surface area (Å²) in [4.78, 5) is 17.3. The van der Waals surface area contributed by atoms with E-state index in [4.69, 9.17) is 10.2 Å². The van der Waals surface area contributed by atoms with E-state index in [1.54, 1.807) is 0 Å². The summed E-state index contributed by atoms with van der Waals surface area (Å²) < 4.78 is 5.38. The van der Waals surface area contributed by atoms with Crippen LogP contribution in [0.25, 0.3) is 10.2 Å². The van der Waals surface area contributed by atoms with Gasteiger partial charge in [-0.25, -0.2) is 9.78 Å². The molecule has 0 radical (unpaired) electrons. The molecular formula is C15H14N2O2S. The first kappa shape index (κ1) is 12.9. The predicted octanol–water partition coefficient (Wildman–Crippen LogP) is 3.29. The molecule has 3 aromatic rings. The fraction of sp³-hybridized carbons (Fsp3) is 0.200. The monoisotopic (exact) mass is 286 g/mol. The van der Waals surface area contributed by atoms with Gasteiger partial charge in [0.05, 0.1) is 11.3 Å². The lowest BCUT2D eigenvalue weighted by atomic mass is 10.0. The van der Waals surface area contributed by atoms with Crippen LogP contribution in [0.1, 0.15) is 29.9 Å². The number of nitrogen functional groups attached to an aromatic ring is 1. The van der Waals surface area contributed by atoms with E-state index in [1.807, 2.05) is 43.5 Å². The van der Waals surface area contributed by atoms with Crippen molar-refractivity contribution in [1.29, 1.82) is 0 Å². The largest absolute Gasteiger partial charge is 0.407 e. The van der Waals surface area contributed by atoms with Gasteiger partial charge in [-0.3, -0.25) is 0 Å². The number of hydrogen-bond acceptors (Lipinski definition) is 5. The fourth-order valence-electron chi connectivity index (χ4n) is 2.19. The van der Waals surface area contributed by atoms with Crippen molar-refractivity contribution in [1.82, 2.24) is 4.98 Å². The van der Waals surface area contributed by atoms with E-state index in [9.17, 15) is 4.79 Å². The minimum absolute atomic E-state index is 0.113. The zero-order valence-corrected chi connectivity index (χ0v) is 12.0. The summed E-state index contributed by atoms with van der Waals surface area (Å²) in [5.41, 5.74) is 8.04. The molecule has 0 spiro atoms. The Morgan fingerprint density at radius 2 is 2.20 bits per heavy atom. The molecule has 0 aliphatic heterocycles. The van der Waals surface area contributed by atoms with Gasteiger partial charge in [0.15, 0.2) is 0 Å². The van der Waals surface area contributed by atoms with Crippen molar-refractivity contribution in [2.24, 2.45) is 0 Å². The SMILES string of the molecule is Cc1csc2nc(C(C)c3cccc(N)c3)oc(=O)c12. The lowest BCUT2D eigenvalue weighted by molar-refractivity contribution is 0.432. The predicted molar refractivity (Wildman–Crippen MR) is 81.3 cm³/mol. The molecule has 2 aromatic heterocycles. The molecule has 20 heavy (non-hydrogen) atoms. The molecule has 0 aliphatic rings. The first-order valence-corrected chi connectivity index (χ1v) is 7.18. The zero-order chi connectivity index (χ0) is 14.3. The van der Waals surface area contributed by atoms with Gasteiger partial charge in [0.25, 0.3) is 0 Å². The molecule has 0 amide bonds. The Morgan fingerprint density at radius 3 is 2.95 bits per heavy atom. The second kappa shape index (κ2) is 4.76. The van der Waals surface area contributed by atoms with Crippen LogP contribution in [0.5, 0.6) is 0 Å². The minimum Gasteiger partial charge on any atom is -0.407 e. The van der Waals surface area contributed by atoms with Crippen molar-refractivity contribution in [2.45, 2.75) is 19.8 Å². The molecule has 1 unspecified atom stereocenters. The van der Waals surface area contributed by atoms with E-state index >= 15 is 0 Å². The van der Waals surface area contributed by atoms with Gasteiger partial charge in [-0.15, -0.1) is 11.3 Å². The molecule has 1 atom stereocenters. The smallest absolute Gasteiger partial charge is 0.348 e.